The van der Waals surface area contributed by atoms with Crippen molar-refractivity contribution in [1.29, 1.82) is 0 Å². The van der Waals surface area contributed by atoms with Gasteiger partial charge in [-0.3, -0.25) is 4.79 Å². The number of hydrogen-bond donors (Lipinski definition) is 1. The standard InChI is InChI=1S/C15H18N4O3S2/c20-14(17-15-18-16-11-23-15)10-12-4-6-13(7-5-12)24(21,22)19-8-2-1-3-9-19/h4-7,11H,1-3,8-10H2,(H,17,18,20). The van der Waals surface area contributed by atoms with E-state index in [0.717, 1.165) is 24.8 Å². The molecule has 1 saturated heterocycles. The molecule has 3 rings (SSSR count). The number of benzene rings is 1. The van der Waals surface area contributed by atoms with Crippen molar-refractivity contribution in [2.24, 2.45) is 0 Å². The number of hydrogen-bond acceptors (Lipinski definition) is 6. The van der Waals surface area contributed by atoms with E-state index in [4.69, 9.17) is 0 Å². The Kier molecular flexibility index (Phi) is 5.22. The molecule has 2 aromatic rings. The van der Waals surface area contributed by atoms with Crippen molar-refractivity contribution < 1.29 is 13.2 Å². The number of carbonyl (C=O) groups excluding carboxylic acids is 1. The van der Waals surface area contributed by atoms with Gasteiger partial charge < -0.3 is 5.32 Å². The van der Waals surface area contributed by atoms with Crippen LogP contribution in [0.25, 0.3) is 0 Å². The fourth-order valence-electron chi connectivity index (χ4n) is 2.61. The molecular weight excluding hydrogens is 348 g/mol. The first-order valence-corrected chi connectivity index (χ1v) is 10.0. The van der Waals surface area contributed by atoms with E-state index in [9.17, 15) is 13.2 Å². The maximum absolute atomic E-state index is 12.6. The Labute approximate surface area is 144 Å². The highest BCUT2D eigenvalue weighted by Gasteiger charge is 2.25. The topological polar surface area (TPSA) is 92.3 Å². The minimum Gasteiger partial charge on any atom is -0.300 e. The molecule has 7 nitrogen and oxygen atoms in total. The minimum absolute atomic E-state index is 0.156. The van der Waals surface area contributed by atoms with Gasteiger partial charge in [0, 0.05) is 13.1 Å². The molecule has 0 radical (unpaired) electrons. The number of carbonyl (C=O) groups is 1. The summed E-state index contributed by atoms with van der Waals surface area (Å²) in [7, 11) is -3.43. The Balaban J connectivity index is 1.65. The molecule has 24 heavy (non-hydrogen) atoms. The molecule has 0 saturated carbocycles. The molecule has 1 aliphatic heterocycles. The number of rotatable bonds is 5. The first kappa shape index (κ1) is 17.0. The molecule has 2 heterocycles. The van der Waals surface area contributed by atoms with Crippen molar-refractivity contribution in [1.82, 2.24) is 14.5 Å². The lowest BCUT2D eigenvalue weighted by Crippen LogP contribution is -2.35. The van der Waals surface area contributed by atoms with Crippen molar-refractivity contribution in [3.05, 3.63) is 35.3 Å². The van der Waals surface area contributed by atoms with E-state index in [2.05, 4.69) is 15.5 Å². The fourth-order valence-corrected chi connectivity index (χ4v) is 4.59. The van der Waals surface area contributed by atoms with Crippen LogP contribution < -0.4 is 5.32 Å². The van der Waals surface area contributed by atoms with Gasteiger partial charge in [-0.15, -0.1) is 10.2 Å². The summed E-state index contributed by atoms with van der Waals surface area (Å²) in [5, 5.41) is 10.5. The summed E-state index contributed by atoms with van der Waals surface area (Å²) in [5.41, 5.74) is 2.28. The summed E-state index contributed by atoms with van der Waals surface area (Å²) in [4.78, 5) is 12.2. The van der Waals surface area contributed by atoms with Gasteiger partial charge in [0.15, 0.2) is 0 Å². The molecule has 0 spiro atoms. The zero-order chi connectivity index (χ0) is 17.0. The van der Waals surface area contributed by atoms with E-state index >= 15 is 0 Å². The Morgan fingerprint density at radius 1 is 1.17 bits per heavy atom. The molecular formula is C15H18N4O3S2. The zero-order valence-corrected chi connectivity index (χ0v) is 14.6. The molecule has 1 aromatic carbocycles. The van der Waals surface area contributed by atoms with Crippen LogP contribution in [0.4, 0.5) is 5.13 Å². The lowest BCUT2D eigenvalue weighted by atomic mass is 10.1. The van der Waals surface area contributed by atoms with Crippen LogP contribution >= 0.6 is 11.3 Å². The molecule has 9 heteroatoms. The van der Waals surface area contributed by atoms with Crippen molar-refractivity contribution in [2.75, 3.05) is 18.4 Å². The molecule has 1 N–H and O–H groups in total. The summed E-state index contributed by atoms with van der Waals surface area (Å²) in [6.45, 7) is 1.16. The summed E-state index contributed by atoms with van der Waals surface area (Å²) in [6.07, 6.45) is 3.05. The van der Waals surface area contributed by atoms with Crippen LogP contribution in [0.5, 0.6) is 0 Å². The zero-order valence-electron chi connectivity index (χ0n) is 13.0. The van der Waals surface area contributed by atoms with Crippen LogP contribution in [0, 0.1) is 0 Å². The second-order valence-electron chi connectivity index (χ2n) is 5.58. The molecule has 1 aliphatic rings. The first-order valence-electron chi connectivity index (χ1n) is 7.71. The summed E-state index contributed by atoms with van der Waals surface area (Å²) >= 11 is 1.24. The maximum atomic E-state index is 12.6. The summed E-state index contributed by atoms with van der Waals surface area (Å²) < 4.78 is 26.7. The smallest absolute Gasteiger partial charge is 0.243 e. The predicted molar refractivity (Wildman–Crippen MR) is 91.3 cm³/mol. The Morgan fingerprint density at radius 3 is 2.50 bits per heavy atom. The second kappa shape index (κ2) is 7.37. The number of anilines is 1. The third kappa shape index (κ3) is 3.97. The van der Waals surface area contributed by atoms with Crippen molar-refractivity contribution in [2.45, 2.75) is 30.6 Å². The largest absolute Gasteiger partial charge is 0.300 e. The molecule has 0 aliphatic carbocycles. The highest BCUT2D eigenvalue weighted by atomic mass is 32.2. The molecule has 0 bridgehead atoms. The molecule has 1 aromatic heterocycles. The Morgan fingerprint density at radius 2 is 1.88 bits per heavy atom. The number of nitrogens with one attached hydrogen (secondary N) is 1. The number of amides is 1. The lowest BCUT2D eigenvalue weighted by Gasteiger charge is -2.25. The summed E-state index contributed by atoms with van der Waals surface area (Å²) in [5.74, 6) is -0.210. The third-order valence-electron chi connectivity index (χ3n) is 3.85. The quantitative estimate of drug-likeness (QED) is 0.872. The Hall–Kier alpha value is -1.84. The number of piperidine rings is 1. The first-order chi connectivity index (χ1) is 11.6. The van der Waals surface area contributed by atoms with Gasteiger partial charge in [0.1, 0.15) is 5.51 Å². The van der Waals surface area contributed by atoms with Gasteiger partial charge in [-0.25, -0.2) is 8.42 Å². The van der Waals surface area contributed by atoms with Gasteiger partial charge in [0.25, 0.3) is 0 Å². The molecule has 0 unspecified atom stereocenters. The van der Waals surface area contributed by atoms with Crippen LogP contribution in [0.1, 0.15) is 24.8 Å². The average Bonchev–Trinajstić information content (AvgIpc) is 3.09. The number of aromatic nitrogens is 2. The van der Waals surface area contributed by atoms with Gasteiger partial charge in [-0.05, 0) is 30.5 Å². The van der Waals surface area contributed by atoms with Crippen LogP contribution in [0.3, 0.4) is 0 Å². The van der Waals surface area contributed by atoms with E-state index in [-0.39, 0.29) is 17.2 Å². The maximum Gasteiger partial charge on any atom is 0.243 e. The van der Waals surface area contributed by atoms with Crippen LogP contribution in [0.2, 0.25) is 0 Å². The normalized spacial score (nSPS) is 16.0. The van der Waals surface area contributed by atoms with E-state index < -0.39 is 10.0 Å². The SMILES string of the molecule is O=C(Cc1ccc(S(=O)(=O)N2CCCCC2)cc1)Nc1nncs1. The van der Waals surface area contributed by atoms with Crippen LogP contribution in [-0.2, 0) is 21.2 Å². The lowest BCUT2D eigenvalue weighted by molar-refractivity contribution is -0.115. The number of nitrogens with zero attached hydrogens (tertiary/aromatic N) is 3. The van der Waals surface area contributed by atoms with Crippen LogP contribution in [0.15, 0.2) is 34.7 Å². The fraction of sp³-hybridized carbons (Fsp3) is 0.400. The molecule has 0 atom stereocenters. The van der Waals surface area contributed by atoms with E-state index in [1.807, 2.05) is 0 Å². The second-order valence-corrected chi connectivity index (χ2v) is 8.35. The van der Waals surface area contributed by atoms with Crippen molar-refractivity contribution >= 4 is 32.4 Å². The van der Waals surface area contributed by atoms with Gasteiger partial charge in [-0.2, -0.15) is 4.31 Å². The minimum atomic E-state index is -3.43. The predicted octanol–water partition coefficient (Wildman–Crippen LogP) is 1.89. The molecule has 128 valence electrons. The highest BCUT2D eigenvalue weighted by Crippen LogP contribution is 2.21. The van der Waals surface area contributed by atoms with E-state index in [1.165, 1.54) is 21.2 Å². The number of sulfonamides is 1. The third-order valence-corrected chi connectivity index (χ3v) is 6.37. The van der Waals surface area contributed by atoms with Gasteiger partial charge in [-0.1, -0.05) is 29.9 Å². The average molecular weight is 366 g/mol. The van der Waals surface area contributed by atoms with Crippen molar-refractivity contribution in [3.8, 4) is 0 Å². The van der Waals surface area contributed by atoms with Crippen LogP contribution in [-0.4, -0.2) is 41.9 Å². The van der Waals surface area contributed by atoms with Gasteiger partial charge in [0.05, 0.1) is 11.3 Å². The Bertz CT molecular complexity index is 783. The van der Waals surface area contributed by atoms with Gasteiger partial charge in [0.2, 0.25) is 21.1 Å². The highest BCUT2D eigenvalue weighted by molar-refractivity contribution is 7.89. The van der Waals surface area contributed by atoms with E-state index in [1.54, 1.807) is 24.3 Å². The van der Waals surface area contributed by atoms with Crippen molar-refractivity contribution in [3.63, 3.8) is 0 Å². The summed E-state index contributed by atoms with van der Waals surface area (Å²) in [6, 6.07) is 6.49. The molecule has 1 amide bonds. The van der Waals surface area contributed by atoms with E-state index in [0.29, 0.717) is 18.2 Å². The van der Waals surface area contributed by atoms with Gasteiger partial charge >= 0.3 is 0 Å². The monoisotopic (exact) mass is 366 g/mol. The molecule has 1 fully saturated rings.